The Hall–Kier alpha value is -2.14. The van der Waals surface area contributed by atoms with E-state index >= 15 is 0 Å². The summed E-state index contributed by atoms with van der Waals surface area (Å²) in [6.07, 6.45) is 0. The molecule has 0 aromatic heterocycles. The lowest BCUT2D eigenvalue weighted by molar-refractivity contribution is -0.128. The van der Waals surface area contributed by atoms with Crippen molar-refractivity contribution in [2.75, 3.05) is 20.0 Å². The molecule has 1 amide bonds. The molecule has 1 fully saturated rings. The van der Waals surface area contributed by atoms with E-state index < -0.39 is 0 Å². The van der Waals surface area contributed by atoms with Crippen molar-refractivity contribution in [3.63, 3.8) is 0 Å². The van der Waals surface area contributed by atoms with Gasteiger partial charge in [-0.25, -0.2) is 0 Å². The first kappa shape index (κ1) is 15.7. The highest BCUT2D eigenvalue weighted by Crippen LogP contribution is 2.45. The van der Waals surface area contributed by atoms with Crippen LogP contribution in [0.2, 0.25) is 0 Å². The van der Waals surface area contributed by atoms with E-state index in [1.165, 1.54) is 0 Å². The van der Waals surface area contributed by atoms with Crippen LogP contribution in [0.15, 0.2) is 48.5 Å². The molecule has 1 unspecified atom stereocenters. The maximum Gasteiger partial charge on any atom is 0.234 e. The Morgan fingerprint density at radius 1 is 1.09 bits per heavy atom. The topological polar surface area (TPSA) is 38.8 Å². The lowest BCUT2D eigenvalue weighted by atomic mass is 10.1. The second kappa shape index (κ2) is 6.96. The number of hydrogen-bond donors (Lipinski definition) is 0. The van der Waals surface area contributed by atoms with E-state index in [1.807, 2.05) is 53.4 Å². The third-order valence-electron chi connectivity index (χ3n) is 3.86. The second-order valence-corrected chi connectivity index (χ2v) is 6.32. The van der Waals surface area contributed by atoms with E-state index in [0.29, 0.717) is 23.8 Å². The van der Waals surface area contributed by atoms with Gasteiger partial charge < -0.3 is 14.4 Å². The zero-order valence-electron chi connectivity index (χ0n) is 13.2. The summed E-state index contributed by atoms with van der Waals surface area (Å²) in [5.41, 5.74) is 2.09. The Labute approximate surface area is 140 Å². The highest BCUT2D eigenvalue weighted by molar-refractivity contribution is 8.00. The summed E-state index contributed by atoms with van der Waals surface area (Å²) in [5, 5.41) is -0.0623. The van der Waals surface area contributed by atoms with Crippen LogP contribution in [0.1, 0.15) is 16.5 Å². The van der Waals surface area contributed by atoms with E-state index in [9.17, 15) is 4.79 Å². The van der Waals surface area contributed by atoms with Gasteiger partial charge in [0.2, 0.25) is 5.91 Å². The Morgan fingerprint density at radius 2 is 1.87 bits per heavy atom. The molecular weight excluding hydrogens is 310 g/mol. The van der Waals surface area contributed by atoms with Crippen LogP contribution in [0, 0.1) is 0 Å². The molecule has 0 radical (unpaired) electrons. The van der Waals surface area contributed by atoms with E-state index in [4.69, 9.17) is 9.47 Å². The minimum Gasteiger partial charge on any atom is -0.493 e. The molecule has 0 bridgehead atoms. The van der Waals surface area contributed by atoms with Crippen LogP contribution in [0.5, 0.6) is 11.5 Å². The van der Waals surface area contributed by atoms with Crippen molar-refractivity contribution in [2.24, 2.45) is 0 Å². The van der Waals surface area contributed by atoms with Gasteiger partial charge in [-0.3, -0.25) is 4.79 Å². The lowest BCUT2D eigenvalue weighted by Gasteiger charge is -2.26. The highest BCUT2D eigenvalue weighted by atomic mass is 32.2. The van der Waals surface area contributed by atoms with E-state index in [-0.39, 0.29) is 11.3 Å². The van der Waals surface area contributed by atoms with Crippen molar-refractivity contribution >= 4 is 17.7 Å². The molecule has 23 heavy (non-hydrogen) atoms. The first-order chi connectivity index (χ1) is 11.2. The SMILES string of the molecule is COc1cccc(C2SCC(=O)N2Cc2ccccc2)c1OC. The van der Waals surface area contributed by atoms with Gasteiger partial charge in [-0.05, 0) is 11.6 Å². The number of para-hydroxylation sites is 1. The molecule has 4 nitrogen and oxygen atoms in total. The molecule has 1 saturated heterocycles. The van der Waals surface area contributed by atoms with Gasteiger partial charge in [0.15, 0.2) is 11.5 Å². The fraction of sp³-hybridized carbons (Fsp3) is 0.278. The van der Waals surface area contributed by atoms with Gasteiger partial charge in [-0.15, -0.1) is 11.8 Å². The quantitative estimate of drug-likeness (QED) is 0.842. The third-order valence-corrected chi connectivity index (χ3v) is 5.10. The van der Waals surface area contributed by atoms with Crippen molar-refractivity contribution in [2.45, 2.75) is 11.9 Å². The number of carbonyl (C=O) groups is 1. The minimum absolute atomic E-state index is 0.0623. The van der Waals surface area contributed by atoms with Crippen molar-refractivity contribution in [1.82, 2.24) is 4.90 Å². The zero-order valence-corrected chi connectivity index (χ0v) is 14.0. The van der Waals surface area contributed by atoms with Gasteiger partial charge in [-0.2, -0.15) is 0 Å². The zero-order chi connectivity index (χ0) is 16.2. The molecule has 0 saturated carbocycles. The Balaban J connectivity index is 1.93. The minimum atomic E-state index is -0.0623. The summed E-state index contributed by atoms with van der Waals surface area (Å²) in [6, 6.07) is 15.8. The monoisotopic (exact) mass is 329 g/mol. The van der Waals surface area contributed by atoms with Gasteiger partial charge in [0.05, 0.1) is 20.0 Å². The van der Waals surface area contributed by atoms with E-state index in [0.717, 1.165) is 11.1 Å². The number of methoxy groups -OCH3 is 2. The number of ether oxygens (including phenoxy) is 2. The molecule has 0 aliphatic carbocycles. The molecule has 1 atom stereocenters. The number of hydrogen-bond acceptors (Lipinski definition) is 4. The van der Waals surface area contributed by atoms with Crippen molar-refractivity contribution in [3.8, 4) is 11.5 Å². The molecule has 5 heteroatoms. The van der Waals surface area contributed by atoms with E-state index in [2.05, 4.69) is 0 Å². The smallest absolute Gasteiger partial charge is 0.234 e. The Morgan fingerprint density at radius 3 is 2.57 bits per heavy atom. The van der Waals surface area contributed by atoms with Crippen LogP contribution in [-0.4, -0.2) is 30.8 Å². The average Bonchev–Trinajstić information content (AvgIpc) is 2.95. The van der Waals surface area contributed by atoms with Crippen molar-refractivity contribution < 1.29 is 14.3 Å². The highest BCUT2D eigenvalue weighted by Gasteiger charge is 2.35. The van der Waals surface area contributed by atoms with Crippen LogP contribution < -0.4 is 9.47 Å². The van der Waals surface area contributed by atoms with E-state index in [1.54, 1.807) is 26.0 Å². The molecule has 0 N–H and O–H groups in total. The normalized spacial score (nSPS) is 17.4. The summed E-state index contributed by atoms with van der Waals surface area (Å²) >= 11 is 1.62. The molecule has 2 aromatic carbocycles. The Bertz CT molecular complexity index is 690. The average molecular weight is 329 g/mol. The van der Waals surface area contributed by atoms with Crippen molar-refractivity contribution in [3.05, 3.63) is 59.7 Å². The summed E-state index contributed by atoms with van der Waals surface area (Å²) in [6.45, 7) is 0.595. The molecule has 0 spiro atoms. The van der Waals surface area contributed by atoms with Gasteiger partial charge in [0, 0.05) is 12.1 Å². The maximum absolute atomic E-state index is 12.3. The predicted octanol–water partition coefficient (Wildman–Crippen LogP) is 3.48. The molecular formula is C18H19NO3S. The Kier molecular flexibility index (Phi) is 4.76. The fourth-order valence-electron chi connectivity index (χ4n) is 2.77. The summed E-state index contributed by atoms with van der Waals surface area (Å²) in [7, 11) is 3.25. The number of thioether (sulfide) groups is 1. The number of carbonyl (C=O) groups excluding carboxylic acids is 1. The first-order valence-corrected chi connectivity index (χ1v) is 8.45. The van der Waals surface area contributed by atoms with Crippen LogP contribution in [0.4, 0.5) is 0 Å². The number of benzene rings is 2. The van der Waals surface area contributed by atoms with Gasteiger partial charge in [0.1, 0.15) is 5.37 Å². The molecule has 120 valence electrons. The summed E-state index contributed by atoms with van der Waals surface area (Å²) in [4.78, 5) is 14.2. The summed E-state index contributed by atoms with van der Waals surface area (Å²) in [5.74, 6) is 2.01. The van der Waals surface area contributed by atoms with Gasteiger partial charge >= 0.3 is 0 Å². The molecule has 1 heterocycles. The molecule has 1 aliphatic rings. The standard InChI is InChI=1S/C18H19NO3S/c1-21-15-10-6-9-14(17(15)22-2)18-19(16(20)12-23-18)11-13-7-4-3-5-8-13/h3-10,18H,11-12H2,1-2H3. The predicted molar refractivity (Wildman–Crippen MR) is 91.7 cm³/mol. The van der Waals surface area contributed by atoms with Gasteiger partial charge in [0.25, 0.3) is 0 Å². The first-order valence-electron chi connectivity index (χ1n) is 7.40. The number of rotatable bonds is 5. The fourth-order valence-corrected chi connectivity index (χ4v) is 3.97. The number of amides is 1. The van der Waals surface area contributed by atoms with Crippen LogP contribution >= 0.6 is 11.8 Å². The van der Waals surface area contributed by atoms with Crippen molar-refractivity contribution in [1.29, 1.82) is 0 Å². The molecule has 1 aliphatic heterocycles. The van der Waals surface area contributed by atoms with Crippen LogP contribution in [0.25, 0.3) is 0 Å². The van der Waals surface area contributed by atoms with Crippen LogP contribution in [0.3, 0.4) is 0 Å². The number of nitrogens with zero attached hydrogens (tertiary/aromatic N) is 1. The van der Waals surface area contributed by atoms with Crippen LogP contribution in [-0.2, 0) is 11.3 Å². The third kappa shape index (κ3) is 3.15. The summed E-state index contributed by atoms with van der Waals surface area (Å²) < 4.78 is 10.9. The maximum atomic E-state index is 12.3. The second-order valence-electron chi connectivity index (χ2n) is 5.25. The molecule has 2 aromatic rings. The molecule has 3 rings (SSSR count). The largest absolute Gasteiger partial charge is 0.493 e. The van der Waals surface area contributed by atoms with Gasteiger partial charge in [-0.1, -0.05) is 42.5 Å². The lowest BCUT2D eigenvalue weighted by Crippen LogP contribution is -2.27.